The molecule has 0 atom stereocenters. The molecule has 0 aliphatic rings. The van der Waals surface area contributed by atoms with Crippen molar-refractivity contribution < 1.29 is 14.3 Å². The number of aromatic nitrogens is 2. The van der Waals surface area contributed by atoms with E-state index in [0.717, 1.165) is 0 Å². The molecule has 0 unspecified atom stereocenters. The highest BCUT2D eigenvalue weighted by Gasteiger charge is 2.09. The fourth-order valence-corrected chi connectivity index (χ4v) is 1.49. The smallest absolute Gasteiger partial charge is 0.274 e. The number of anilines is 2. The van der Waals surface area contributed by atoms with E-state index in [1.165, 1.54) is 36.7 Å². The van der Waals surface area contributed by atoms with Crippen LogP contribution in [0.15, 0.2) is 36.7 Å². The van der Waals surface area contributed by atoms with Gasteiger partial charge in [0.25, 0.3) is 5.91 Å². The van der Waals surface area contributed by atoms with Gasteiger partial charge in [-0.2, -0.15) is 0 Å². The average molecular weight is 276 g/mol. The highest BCUT2D eigenvalue weighted by atomic mass is 19.1. The van der Waals surface area contributed by atoms with E-state index in [1.807, 2.05) is 0 Å². The van der Waals surface area contributed by atoms with Crippen LogP contribution in [0.5, 0.6) is 0 Å². The molecule has 0 aliphatic carbocycles. The van der Waals surface area contributed by atoms with Gasteiger partial charge in [0, 0.05) is 18.3 Å². The molecule has 0 fully saturated rings. The summed E-state index contributed by atoms with van der Waals surface area (Å²) in [6, 6.07) is 6.89. The van der Waals surface area contributed by atoms with Crippen LogP contribution < -0.4 is 10.6 Å². The summed E-state index contributed by atoms with van der Waals surface area (Å²) in [6.45, 7) is 0.289. The molecule has 0 aliphatic heterocycles. The van der Waals surface area contributed by atoms with Crippen LogP contribution in [0.2, 0.25) is 0 Å². The third kappa shape index (κ3) is 3.72. The average Bonchev–Trinajstić information content (AvgIpc) is 2.48. The van der Waals surface area contributed by atoms with Gasteiger partial charge in [-0.25, -0.2) is 14.4 Å². The molecule has 2 aromatic rings. The molecular weight excluding hydrogens is 263 g/mol. The number of carbonyl (C=O) groups is 1. The highest BCUT2D eigenvalue weighted by Crippen LogP contribution is 2.11. The third-order valence-electron chi connectivity index (χ3n) is 2.42. The van der Waals surface area contributed by atoms with Crippen molar-refractivity contribution in [1.29, 1.82) is 0 Å². The lowest BCUT2D eigenvalue weighted by Crippen LogP contribution is -2.15. The third-order valence-corrected chi connectivity index (χ3v) is 2.42. The van der Waals surface area contributed by atoms with Crippen LogP contribution in [0.25, 0.3) is 0 Å². The van der Waals surface area contributed by atoms with Crippen LogP contribution in [0.4, 0.5) is 15.9 Å². The predicted octanol–water partition coefficient (Wildman–Crippen LogP) is 1.27. The number of amides is 1. The summed E-state index contributed by atoms with van der Waals surface area (Å²) in [6.07, 6.45) is 1.25. The minimum absolute atomic E-state index is 0.0406. The minimum Gasteiger partial charge on any atom is -0.395 e. The molecule has 0 saturated carbocycles. The number of carbonyl (C=O) groups excluding carboxylic acids is 1. The topological polar surface area (TPSA) is 87.1 Å². The van der Waals surface area contributed by atoms with Gasteiger partial charge in [-0.1, -0.05) is 0 Å². The summed E-state index contributed by atoms with van der Waals surface area (Å²) in [4.78, 5) is 19.7. The van der Waals surface area contributed by atoms with Crippen LogP contribution in [-0.2, 0) is 0 Å². The number of nitrogens with one attached hydrogen (secondary N) is 2. The summed E-state index contributed by atoms with van der Waals surface area (Å²) in [5, 5.41) is 14.1. The zero-order valence-corrected chi connectivity index (χ0v) is 10.5. The van der Waals surface area contributed by atoms with Crippen LogP contribution in [0, 0.1) is 5.82 Å². The first-order valence-electron chi connectivity index (χ1n) is 5.93. The summed E-state index contributed by atoms with van der Waals surface area (Å²) >= 11 is 0. The Morgan fingerprint density at radius 2 is 2.00 bits per heavy atom. The second-order valence-electron chi connectivity index (χ2n) is 3.90. The van der Waals surface area contributed by atoms with E-state index in [-0.39, 0.29) is 18.1 Å². The van der Waals surface area contributed by atoms with E-state index in [4.69, 9.17) is 5.11 Å². The lowest BCUT2D eigenvalue weighted by atomic mass is 10.3. The molecule has 7 heteroatoms. The molecule has 0 saturated heterocycles. The second-order valence-corrected chi connectivity index (χ2v) is 3.90. The Morgan fingerprint density at radius 1 is 1.25 bits per heavy atom. The summed E-state index contributed by atoms with van der Waals surface area (Å²) < 4.78 is 12.8. The first-order valence-corrected chi connectivity index (χ1v) is 5.93. The zero-order chi connectivity index (χ0) is 14.4. The van der Waals surface area contributed by atoms with Crippen molar-refractivity contribution in [2.45, 2.75) is 0 Å². The zero-order valence-electron chi connectivity index (χ0n) is 10.5. The molecule has 2 rings (SSSR count). The normalized spacial score (nSPS) is 10.1. The number of aliphatic hydroxyl groups is 1. The number of nitrogens with zero attached hydrogens (tertiary/aromatic N) is 2. The van der Waals surface area contributed by atoms with Gasteiger partial charge in [-0.05, 0) is 24.3 Å². The van der Waals surface area contributed by atoms with Crippen molar-refractivity contribution in [1.82, 2.24) is 9.97 Å². The molecule has 0 bridgehead atoms. The molecule has 20 heavy (non-hydrogen) atoms. The summed E-state index contributed by atoms with van der Waals surface area (Å²) in [5.74, 6) is -0.357. The Balaban J connectivity index is 2.06. The maximum atomic E-state index is 12.8. The van der Waals surface area contributed by atoms with Crippen LogP contribution in [0.1, 0.15) is 10.5 Å². The Kier molecular flexibility index (Phi) is 4.56. The fraction of sp³-hybridized carbons (Fsp3) is 0.154. The van der Waals surface area contributed by atoms with E-state index < -0.39 is 5.91 Å². The number of hydrogen-bond acceptors (Lipinski definition) is 5. The maximum Gasteiger partial charge on any atom is 0.274 e. The van der Waals surface area contributed by atoms with Crippen molar-refractivity contribution >= 4 is 17.4 Å². The maximum absolute atomic E-state index is 12.8. The molecule has 1 heterocycles. The van der Waals surface area contributed by atoms with Crippen molar-refractivity contribution in [2.75, 3.05) is 23.8 Å². The van der Waals surface area contributed by atoms with Gasteiger partial charge in [0.05, 0.1) is 6.61 Å². The van der Waals surface area contributed by atoms with E-state index >= 15 is 0 Å². The van der Waals surface area contributed by atoms with E-state index in [1.54, 1.807) is 0 Å². The minimum atomic E-state index is -0.425. The van der Waals surface area contributed by atoms with Crippen molar-refractivity contribution in [3.05, 3.63) is 48.2 Å². The van der Waals surface area contributed by atoms with Gasteiger partial charge in [-0.15, -0.1) is 0 Å². The Morgan fingerprint density at radius 3 is 2.70 bits per heavy atom. The van der Waals surface area contributed by atoms with Crippen LogP contribution >= 0.6 is 0 Å². The van der Waals surface area contributed by atoms with Gasteiger partial charge in [0.2, 0.25) is 0 Å². The standard InChI is InChI=1S/C13H13FN4O2/c14-9-1-3-10(4-2-9)18-13(20)11-7-12(15-5-6-19)17-8-16-11/h1-4,7-8,19H,5-6H2,(H,18,20)(H,15,16,17). The number of rotatable bonds is 5. The molecule has 1 aromatic carbocycles. The summed E-state index contributed by atoms with van der Waals surface area (Å²) in [5.41, 5.74) is 0.643. The molecule has 0 radical (unpaired) electrons. The summed E-state index contributed by atoms with van der Waals surface area (Å²) in [7, 11) is 0. The van der Waals surface area contributed by atoms with Crippen molar-refractivity contribution in [2.24, 2.45) is 0 Å². The number of halogens is 1. The van der Waals surface area contributed by atoms with Gasteiger partial charge < -0.3 is 15.7 Å². The molecule has 1 amide bonds. The predicted molar refractivity (Wildman–Crippen MR) is 72.0 cm³/mol. The number of aliphatic hydroxyl groups excluding tert-OH is 1. The number of hydrogen-bond donors (Lipinski definition) is 3. The Hall–Kier alpha value is -2.54. The lowest BCUT2D eigenvalue weighted by Gasteiger charge is -2.06. The largest absolute Gasteiger partial charge is 0.395 e. The van der Waals surface area contributed by atoms with Crippen LogP contribution in [-0.4, -0.2) is 34.1 Å². The molecule has 3 N–H and O–H groups in total. The fourth-order valence-electron chi connectivity index (χ4n) is 1.49. The van der Waals surface area contributed by atoms with Crippen molar-refractivity contribution in [3.8, 4) is 0 Å². The van der Waals surface area contributed by atoms with Gasteiger partial charge >= 0.3 is 0 Å². The Bertz CT molecular complexity index is 589. The Labute approximate surface area is 114 Å². The SMILES string of the molecule is O=C(Nc1ccc(F)cc1)c1cc(NCCO)ncn1. The monoisotopic (exact) mass is 276 g/mol. The van der Waals surface area contributed by atoms with Crippen molar-refractivity contribution in [3.63, 3.8) is 0 Å². The molecule has 6 nitrogen and oxygen atoms in total. The van der Waals surface area contributed by atoms with Crippen LogP contribution in [0.3, 0.4) is 0 Å². The van der Waals surface area contributed by atoms with E-state index in [9.17, 15) is 9.18 Å². The highest BCUT2D eigenvalue weighted by molar-refractivity contribution is 6.03. The second kappa shape index (κ2) is 6.58. The quantitative estimate of drug-likeness (QED) is 0.765. The van der Waals surface area contributed by atoms with Gasteiger partial charge in [0.1, 0.15) is 23.7 Å². The lowest BCUT2D eigenvalue weighted by molar-refractivity contribution is 0.102. The van der Waals surface area contributed by atoms with Gasteiger partial charge in [0.15, 0.2) is 0 Å². The first kappa shape index (κ1) is 13.9. The van der Waals surface area contributed by atoms with E-state index in [0.29, 0.717) is 18.1 Å². The molecule has 0 spiro atoms. The van der Waals surface area contributed by atoms with E-state index in [2.05, 4.69) is 20.6 Å². The van der Waals surface area contributed by atoms with Gasteiger partial charge in [-0.3, -0.25) is 4.79 Å². The molecule has 104 valence electrons. The number of benzene rings is 1. The molecule has 1 aromatic heterocycles. The molecular formula is C13H13FN4O2. The first-order chi connectivity index (χ1) is 9.69.